The monoisotopic (exact) mass is 316 g/mol. The van der Waals surface area contributed by atoms with Gasteiger partial charge >= 0.3 is 12.3 Å². The molecule has 1 saturated heterocycles. The van der Waals surface area contributed by atoms with E-state index >= 15 is 0 Å². The summed E-state index contributed by atoms with van der Waals surface area (Å²) in [4.78, 5) is 14.4. The van der Waals surface area contributed by atoms with Crippen LogP contribution in [-0.2, 0) is 11.3 Å². The van der Waals surface area contributed by atoms with Gasteiger partial charge in [0.25, 0.3) is 0 Å². The third-order valence-corrected chi connectivity index (χ3v) is 3.91. The van der Waals surface area contributed by atoms with E-state index in [1.807, 2.05) is 6.07 Å². The summed E-state index contributed by atoms with van der Waals surface area (Å²) in [6, 6.07) is 6.98. The van der Waals surface area contributed by atoms with E-state index in [-0.39, 0.29) is 19.2 Å². The Balaban J connectivity index is 1.97. The van der Waals surface area contributed by atoms with Gasteiger partial charge in [-0.2, -0.15) is 13.2 Å². The molecule has 7 heteroatoms. The van der Waals surface area contributed by atoms with Crippen LogP contribution in [0, 0.1) is 0 Å². The number of hydrogen-bond donors (Lipinski definition) is 0. The Labute approximate surface area is 127 Å². The van der Waals surface area contributed by atoms with Gasteiger partial charge in [-0.25, -0.2) is 4.79 Å². The van der Waals surface area contributed by atoms with E-state index in [1.165, 1.54) is 11.9 Å². The SMILES string of the molecule is CC1CN(C(=O)OCc2ccccc2)CC(C(F)(F)F)N1C. The Bertz CT molecular complexity index is 507. The van der Waals surface area contributed by atoms with Crippen LogP contribution in [0.2, 0.25) is 0 Å². The fraction of sp³-hybridized carbons (Fsp3) is 0.533. The first-order valence-corrected chi connectivity index (χ1v) is 7.03. The van der Waals surface area contributed by atoms with Crippen molar-refractivity contribution < 1.29 is 22.7 Å². The largest absolute Gasteiger partial charge is 0.445 e. The first kappa shape index (κ1) is 16.6. The molecule has 1 aliphatic heterocycles. The van der Waals surface area contributed by atoms with Crippen molar-refractivity contribution >= 4 is 6.09 Å². The van der Waals surface area contributed by atoms with Crippen LogP contribution < -0.4 is 0 Å². The summed E-state index contributed by atoms with van der Waals surface area (Å²) < 4.78 is 44.2. The zero-order valence-corrected chi connectivity index (χ0v) is 12.5. The number of nitrogens with zero attached hydrogens (tertiary/aromatic N) is 2. The maximum atomic E-state index is 13.0. The number of rotatable bonds is 2. The van der Waals surface area contributed by atoms with E-state index in [1.54, 1.807) is 31.2 Å². The average molecular weight is 316 g/mol. The Morgan fingerprint density at radius 3 is 2.50 bits per heavy atom. The summed E-state index contributed by atoms with van der Waals surface area (Å²) in [7, 11) is 1.43. The molecule has 1 amide bonds. The fourth-order valence-electron chi connectivity index (χ4n) is 2.46. The molecule has 1 heterocycles. The number of piperazine rings is 1. The van der Waals surface area contributed by atoms with Gasteiger partial charge in [0.2, 0.25) is 0 Å². The fourth-order valence-corrected chi connectivity index (χ4v) is 2.46. The topological polar surface area (TPSA) is 32.8 Å². The summed E-state index contributed by atoms with van der Waals surface area (Å²) >= 11 is 0. The summed E-state index contributed by atoms with van der Waals surface area (Å²) in [5, 5.41) is 0. The number of carbonyl (C=O) groups excluding carboxylic acids is 1. The molecule has 0 aromatic heterocycles. The number of carbonyl (C=O) groups is 1. The predicted molar refractivity (Wildman–Crippen MR) is 75.3 cm³/mol. The highest BCUT2D eigenvalue weighted by molar-refractivity contribution is 5.68. The first-order valence-electron chi connectivity index (χ1n) is 7.03. The van der Waals surface area contributed by atoms with E-state index in [9.17, 15) is 18.0 Å². The Morgan fingerprint density at radius 2 is 1.91 bits per heavy atom. The summed E-state index contributed by atoms with van der Waals surface area (Å²) in [6.45, 7) is 1.53. The van der Waals surface area contributed by atoms with E-state index in [0.29, 0.717) is 0 Å². The molecule has 122 valence electrons. The highest BCUT2D eigenvalue weighted by atomic mass is 19.4. The zero-order chi connectivity index (χ0) is 16.3. The molecule has 0 bridgehead atoms. The van der Waals surface area contributed by atoms with E-state index < -0.39 is 24.9 Å². The molecule has 0 radical (unpaired) electrons. The third-order valence-electron chi connectivity index (χ3n) is 3.91. The van der Waals surface area contributed by atoms with Crippen molar-refractivity contribution in [1.82, 2.24) is 9.80 Å². The molecule has 1 fully saturated rings. The van der Waals surface area contributed by atoms with Crippen LogP contribution in [-0.4, -0.2) is 54.3 Å². The standard InChI is InChI=1S/C15H19F3N2O2/c1-11-8-20(9-13(19(11)2)15(16,17)18)14(21)22-10-12-6-4-3-5-7-12/h3-7,11,13H,8-10H2,1-2H3. The lowest BCUT2D eigenvalue weighted by atomic mass is 10.1. The van der Waals surface area contributed by atoms with Crippen molar-refractivity contribution in [2.75, 3.05) is 20.1 Å². The van der Waals surface area contributed by atoms with Crippen molar-refractivity contribution in [2.45, 2.75) is 31.8 Å². The number of alkyl halides is 3. The molecule has 0 spiro atoms. The summed E-state index contributed by atoms with van der Waals surface area (Å²) in [5.74, 6) is 0. The highest BCUT2D eigenvalue weighted by Gasteiger charge is 2.48. The van der Waals surface area contributed by atoms with Gasteiger partial charge in [-0.1, -0.05) is 30.3 Å². The van der Waals surface area contributed by atoms with Crippen molar-refractivity contribution in [3.8, 4) is 0 Å². The minimum Gasteiger partial charge on any atom is -0.445 e. The highest BCUT2D eigenvalue weighted by Crippen LogP contribution is 2.29. The molecule has 0 aliphatic carbocycles. The lowest BCUT2D eigenvalue weighted by Gasteiger charge is -2.43. The number of ether oxygens (including phenoxy) is 1. The normalized spacial score (nSPS) is 23.4. The van der Waals surface area contributed by atoms with Gasteiger partial charge in [-0.05, 0) is 19.5 Å². The molecular formula is C15H19F3N2O2. The number of amides is 1. The molecule has 1 aliphatic rings. The Kier molecular flexibility index (Phi) is 4.95. The third kappa shape index (κ3) is 3.91. The van der Waals surface area contributed by atoms with Gasteiger partial charge in [0.05, 0.1) is 0 Å². The minimum absolute atomic E-state index is 0.0527. The molecule has 2 unspecified atom stereocenters. The van der Waals surface area contributed by atoms with Crippen molar-refractivity contribution in [3.05, 3.63) is 35.9 Å². The van der Waals surface area contributed by atoms with Crippen molar-refractivity contribution in [2.24, 2.45) is 0 Å². The van der Waals surface area contributed by atoms with E-state index in [4.69, 9.17) is 4.74 Å². The summed E-state index contributed by atoms with van der Waals surface area (Å²) in [6.07, 6.45) is -5.08. The second-order valence-electron chi connectivity index (χ2n) is 5.52. The van der Waals surface area contributed by atoms with Crippen LogP contribution in [0.5, 0.6) is 0 Å². The Hall–Kier alpha value is -1.76. The van der Waals surface area contributed by atoms with Crippen LogP contribution in [0.3, 0.4) is 0 Å². The molecule has 1 aromatic carbocycles. The molecule has 2 rings (SSSR count). The van der Waals surface area contributed by atoms with Gasteiger partial charge in [0.1, 0.15) is 12.6 Å². The lowest BCUT2D eigenvalue weighted by molar-refractivity contribution is -0.197. The molecule has 22 heavy (non-hydrogen) atoms. The minimum atomic E-state index is -4.37. The zero-order valence-electron chi connectivity index (χ0n) is 12.5. The maximum Gasteiger partial charge on any atom is 0.410 e. The predicted octanol–water partition coefficient (Wildman–Crippen LogP) is 2.89. The average Bonchev–Trinajstić information content (AvgIpc) is 2.47. The molecule has 0 N–H and O–H groups in total. The second kappa shape index (κ2) is 6.56. The number of likely N-dealkylation sites (N-methyl/N-ethyl adjacent to an activating group) is 1. The number of hydrogen-bond acceptors (Lipinski definition) is 3. The van der Waals surface area contributed by atoms with Gasteiger partial charge in [0.15, 0.2) is 0 Å². The van der Waals surface area contributed by atoms with Gasteiger partial charge in [0, 0.05) is 19.1 Å². The van der Waals surface area contributed by atoms with Crippen LogP contribution >= 0.6 is 0 Å². The first-order chi connectivity index (χ1) is 10.3. The Morgan fingerprint density at radius 1 is 1.27 bits per heavy atom. The van der Waals surface area contributed by atoms with Crippen LogP contribution in [0.25, 0.3) is 0 Å². The summed E-state index contributed by atoms with van der Waals surface area (Å²) in [5.41, 5.74) is 0.797. The van der Waals surface area contributed by atoms with E-state index in [2.05, 4.69) is 0 Å². The molecular weight excluding hydrogens is 297 g/mol. The molecule has 4 nitrogen and oxygen atoms in total. The van der Waals surface area contributed by atoms with Crippen LogP contribution in [0.1, 0.15) is 12.5 Å². The number of benzene rings is 1. The lowest BCUT2D eigenvalue weighted by Crippen LogP contribution is -2.62. The van der Waals surface area contributed by atoms with Crippen molar-refractivity contribution in [1.29, 1.82) is 0 Å². The quantitative estimate of drug-likeness (QED) is 0.841. The smallest absolute Gasteiger partial charge is 0.410 e. The van der Waals surface area contributed by atoms with E-state index in [0.717, 1.165) is 10.5 Å². The van der Waals surface area contributed by atoms with Crippen LogP contribution in [0.15, 0.2) is 30.3 Å². The second-order valence-corrected chi connectivity index (χ2v) is 5.52. The van der Waals surface area contributed by atoms with Gasteiger partial charge < -0.3 is 9.64 Å². The van der Waals surface area contributed by atoms with Crippen molar-refractivity contribution in [3.63, 3.8) is 0 Å². The van der Waals surface area contributed by atoms with Gasteiger partial charge in [-0.15, -0.1) is 0 Å². The molecule has 2 atom stereocenters. The van der Waals surface area contributed by atoms with Crippen LogP contribution in [0.4, 0.5) is 18.0 Å². The maximum absolute atomic E-state index is 13.0. The number of halogens is 3. The molecule has 0 saturated carbocycles. The molecule has 1 aromatic rings. The van der Waals surface area contributed by atoms with Gasteiger partial charge in [-0.3, -0.25) is 4.90 Å².